The molecule has 0 bridgehead atoms. The Hall–Kier alpha value is -2.79. The van der Waals surface area contributed by atoms with E-state index in [1.807, 2.05) is 37.3 Å². The number of carbonyl (C=O) groups excluding carboxylic acids is 1. The molecule has 0 amide bonds. The molecule has 1 saturated carbocycles. The molecule has 0 aromatic heterocycles. The summed E-state index contributed by atoms with van der Waals surface area (Å²) >= 11 is 0. The first-order valence-corrected chi connectivity index (χ1v) is 9.26. The van der Waals surface area contributed by atoms with Crippen molar-refractivity contribution in [2.24, 2.45) is 0 Å². The fourth-order valence-electron chi connectivity index (χ4n) is 3.85. The maximum Gasteiger partial charge on any atom is 0.232 e. The molecule has 138 valence electrons. The molecule has 5 rings (SSSR count). The third-order valence-electron chi connectivity index (χ3n) is 5.44. The lowest BCUT2D eigenvalue weighted by molar-refractivity contribution is 0.0867. The van der Waals surface area contributed by atoms with Gasteiger partial charge in [-0.25, -0.2) is 0 Å². The lowest BCUT2D eigenvalue weighted by atomic mass is 9.98. The molecule has 27 heavy (non-hydrogen) atoms. The van der Waals surface area contributed by atoms with Gasteiger partial charge in [0.15, 0.2) is 5.76 Å². The van der Waals surface area contributed by atoms with Gasteiger partial charge in [0.2, 0.25) is 5.78 Å². The predicted octanol–water partition coefficient (Wildman–Crippen LogP) is 3.93. The minimum atomic E-state index is -0.0836. The van der Waals surface area contributed by atoms with E-state index in [9.17, 15) is 4.79 Å². The van der Waals surface area contributed by atoms with Crippen molar-refractivity contribution in [3.05, 3.63) is 58.3 Å². The molecule has 2 aromatic rings. The molecule has 2 heterocycles. The standard InChI is InChI=1S/C22H21NO4/c1-13-9-18-16(11-23(12-26-18)15-7-8-15)22-20(13)21(24)19(27-22)10-14-5-3-4-6-17(14)25-2/h3-6,9-10,15H,7-8,11-12H2,1-2H3/b19-10-. The number of carbonyl (C=O) groups is 1. The number of fused-ring (bicyclic) bond motifs is 3. The summed E-state index contributed by atoms with van der Waals surface area (Å²) < 4.78 is 17.5. The first-order chi connectivity index (χ1) is 13.2. The van der Waals surface area contributed by atoms with Crippen molar-refractivity contribution >= 4 is 11.9 Å². The molecule has 5 heteroatoms. The highest BCUT2D eigenvalue weighted by Gasteiger charge is 2.38. The second-order valence-electron chi connectivity index (χ2n) is 7.31. The summed E-state index contributed by atoms with van der Waals surface area (Å²) in [5, 5.41) is 0. The van der Waals surface area contributed by atoms with E-state index in [-0.39, 0.29) is 5.78 Å². The van der Waals surface area contributed by atoms with Crippen molar-refractivity contribution in [2.75, 3.05) is 13.8 Å². The Morgan fingerprint density at radius 2 is 2.07 bits per heavy atom. The molecular weight excluding hydrogens is 342 g/mol. The second-order valence-corrected chi connectivity index (χ2v) is 7.31. The van der Waals surface area contributed by atoms with E-state index in [0.29, 0.717) is 35.6 Å². The minimum absolute atomic E-state index is 0.0836. The van der Waals surface area contributed by atoms with Crippen molar-refractivity contribution in [1.82, 2.24) is 4.90 Å². The lowest BCUT2D eigenvalue weighted by Gasteiger charge is -2.30. The van der Waals surface area contributed by atoms with Crippen LogP contribution in [0.25, 0.3) is 6.08 Å². The topological polar surface area (TPSA) is 48.0 Å². The van der Waals surface area contributed by atoms with Gasteiger partial charge in [-0.1, -0.05) is 18.2 Å². The van der Waals surface area contributed by atoms with Crippen LogP contribution in [0.5, 0.6) is 17.2 Å². The highest BCUT2D eigenvalue weighted by atomic mass is 16.5. The van der Waals surface area contributed by atoms with E-state index in [1.165, 1.54) is 12.8 Å². The van der Waals surface area contributed by atoms with Crippen LogP contribution in [-0.4, -0.2) is 30.6 Å². The van der Waals surface area contributed by atoms with E-state index in [4.69, 9.17) is 14.2 Å². The number of benzene rings is 2. The number of aryl methyl sites for hydroxylation is 1. The zero-order valence-electron chi connectivity index (χ0n) is 15.5. The highest BCUT2D eigenvalue weighted by Crippen LogP contribution is 2.45. The maximum atomic E-state index is 13.0. The van der Waals surface area contributed by atoms with Crippen LogP contribution in [0.1, 0.15) is 39.9 Å². The monoisotopic (exact) mass is 363 g/mol. The molecule has 0 radical (unpaired) electrons. The van der Waals surface area contributed by atoms with Crippen LogP contribution in [0.15, 0.2) is 36.1 Å². The van der Waals surface area contributed by atoms with Gasteiger partial charge in [0, 0.05) is 18.2 Å². The zero-order chi connectivity index (χ0) is 18.5. The Bertz CT molecular complexity index is 975. The zero-order valence-corrected chi connectivity index (χ0v) is 15.5. The Balaban J connectivity index is 1.56. The number of methoxy groups -OCH3 is 1. The van der Waals surface area contributed by atoms with Crippen LogP contribution in [0, 0.1) is 6.92 Å². The molecule has 2 aliphatic heterocycles. The predicted molar refractivity (Wildman–Crippen MR) is 101 cm³/mol. The van der Waals surface area contributed by atoms with Crippen LogP contribution in [0.3, 0.4) is 0 Å². The van der Waals surface area contributed by atoms with Gasteiger partial charge < -0.3 is 14.2 Å². The number of para-hydroxylation sites is 1. The Morgan fingerprint density at radius 3 is 2.85 bits per heavy atom. The first-order valence-electron chi connectivity index (χ1n) is 9.26. The molecule has 1 fully saturated rings. The average Bonchev–Trinajstić information content (AvgIpc) is 3.47. The van der Waals surface area contributed by atoms with Crippen molar-refractivity contribution in [3.63, 3.8) is 0 Å². The maximum absolute atomic E-state index is 13.0. The van der Waals surface area contributed by atoms with Crippen molar-refractivity contribution in [2.45, 2.75) is 32.4 Å². The highest BCUT2D eigenvalue weighted by molar-refractivity contribution is 6.16. The van der Waals surface area contributed by atoms with Gasteiger partial charge in [-0.05, 0) is 43.5 Å². The molecule has 5 nitrogen and oxygen atoms in total. The Morgan fingerprint density at radius 1 is 1.26 bits per heavy atom. The summed E-state index contributed by atoms with van der Waals surface area (Å²) in [4.78, 5) is 15.4. The van der Waals surface area contributed by atoms with Gasteiger partial charge in [0.1, 0.15) is 24.0 Å². The summed E-state index contributed by atoms with van der Waals surface area (Å²) in [5.74, 6) is 2.43. The largest absolute Gasteiger partial charge is 0.496 e. The molecule has 3 aliphatic rings. The molecule has 0 saturated heterocycles. The summed E-state index contributed by atoms with van der Waals surface area (Å²) in [6, 6.07) is 10.1. The molecule has 2 aromatic carbocycles. The van der Waals surface area contributed by atoms with Crippen molar-refractivity contribution < 1.29 is 19.0 Å². The van der Waals surface area contributed by atoms with Crippen LogP contribution < -0.4 is 14.2 Å². The number of hydrogen-bond acceptors (Lipinski definition) is 5. The van der Waals surface area contributed by atoms with Crippen LogP contribution >= 0.6 is 0 Å². The normalized spacial score (nSPS) is 20.1. The number of allylic oxidation sites excluding steroid dienone is 1. The number of rotatable bonds is 3. The third-order valence-corrected chi connectivity index (χ3v) is 5.44. The van der Waals surface area contributed by atoms with Crippen molar-refractivity contribution in [3.8, 4) is 17.2 Å². The molecular formula is C22H21NO4. The van der Waals surface area contributed by atoms with Crippen LogP contribution in [0.2, 0.25) is 0 Å². The summed E-state index contributed by atoms with van der Waals surface area (Å²) in [7, 11) is 1.62. The van der Waals surface area contributed by atoms with Gasteiger partial charge in [-0.2, -0.15) is 0 Å². The van der Waals surface area contributed by atoms with E-state index in [2.05, 4.69) is 4.90 Å². The van der Waals surface area contributed by atoms with E-state index in [0.717, 1.165) is 29.0 Å². The molecule has 0 atom stereocenters. The smallest absolute Gasteiger partial charge is 0.232 e. The summed E-state index contributed by atoms with van der Waals surface area (Å²) in [5.41, 5.74) is 3.33. The van der Waals surface area contributed by atoms with E-state index < -0.39 is 0 Å². The van der Waals surface area contributed by atoms with E-state index >= 15 is 0 Å². The fourth-order valence-corrected chi connectivity index (χ4v) is 3.85. The van der Waals surface area contributed by atoms with Gasteiger partial charge in [0.05, 0.1) is 18.2 Å². The second kappa shape index (κ2) is 6.13. The Labute approximate surface area is 158 Å². The quantitative estimate of drug-likeness (QED) is 0.773. The molecule has 0 N–H and O–H groups in total. The van der Waals surface area contributed by atoms with Gasteiger partial charge in [0.25, 0.3) is 0 Å². The number of hydrogen-bond donors (Lipinski definition) is 0. The number of Topliss-reactive ketones (excluding diaryl/α,β-unsaturated/α-hetero) is 1. The number of ether oxygens (including phenoxy) is 3. The molecule has 0 spiro atoms. The van der Waals surface area contributed by atoms with Crippen LogP contribution in [0.4, 0.5) is 0 Å². The van der Waals surface area contributed by atoms with Gasteiger partial charge >= 0.3 is 0 Å². The summed E-state index contributed by atoms with van der Waals surface area (Å²) in [6.07, 6.45) is 4.19. The first kappa shape index (κ1) is 16.4. The third kappa shape index (κ3) is 2.70. The minimum Gasteiger partial charge on any atom is -0.496 e. The molecule has 1 aliphatic carbocycles. The van der Waals surface area contributed by atoms with E-state index in [1.54, 1.807) is 13.2 Å². The average molecular weight is 363 g/mol. The van der Waals surface area contributed by atoms with Crippen molar-refractivity contribution in [1.29, 1.82) is 0 Å². The van der Waals surface area contributed by atoms with Crippen LogP contribution in [-0.2, 0) is 6.54 Å². The summed E-state index contributed by atoms with van der Waals surface area (Å²) in [6.45, 7) is 3.30. The molecule has 0 unspecified atom stereocenters. The number of nitrogens with zero attached hydrogens (tertiary/aromatic N) is 1. The van der Waals surface area contributed by atoms with Gasteiger partial charge in [-0.15, -0.1) is 0 Å². The number of ketones is 1. The SMILES string of the molecule is COc1ccccc1/C=C1\Oc2c3c(cc(C)c2C1=O)OCN(C1CC1)C3. The fraction of sp³-hybridized carbons (Fsp3) is 0.318. The Kier molecular flexibility index (Phi) is 3.72. The lowest BCUT2D eigenvalue weighted by Crippen LogP contribution is -2.34. The van der Waals surface area contributed by atoms with Gasteiger partial charge in [-0.3, -0.25) is 9.69 Å².